The number of hydrogen-bond acceptors (Lipinski definition) is 2. The molecule has 0 spiro atoms. The third-order valence-corrected chi connectivity index (χ3v) is 4.87. The van der Waals surface area contributed by atoms with E-state index >= 15 is 0 Å². The van der Waals surface area contributed by atoms with Crippen molar-refractivity contribution in [3.8, 4) is 0 Å². The molecule has 0 aromatic heterocycles. The van der Waals surface area contributed by atoms with Crippen molar-refractivity contribution in [2.24, 2.45) is 5.92 Å². The Hall–Kier alpha value is -1.22. The smallest absolute Gasteiger partial charge is 0.591 e. The third kappa shape index (κ3) is 13.9. The number of carbonyl (C=O) groups is 1. The molecule has 150 valence electrons. The molecule has 2 aromatic rings. The minimum absolute atomic E-state index is 0. The van der Waals surface area contributed by atoms with Crippen LogP contribution < -0.4 is 24.0 Å². The molecule has 28 heavy (non-hydrogen) atoms. The predicted octanol–water partition coefficient (Wildman–Crippen LogP) is 3.08. The third-order valence-electron chi connectivity index (χ3n) is 3.38. The fourth-order valence-corrected chi connectivity index (χ4v) is 2.84. The molecule has 0 fully saturated rings. The van der Waals surface area contributed by atoms with E-state index in [9.17, 15) is 4.79 Å². The molecule has 2 aromatic carbocycles. The summed E-state index contributed by atoms with van der Waals surface area (Å²) in [7, 11) is -0.212. The molecule has 2 radical (unpaired) electrons. The van der Waals surface area contributed by atoms with Gasteiger partial charge in [0.2, 0.25) is 6.09 Å². The van der Waals surface area contributed by atoms with Crippen molar-refractivity contribution in [2.45, 2.75) is 40.0 Å². The summed E-state index contributed by atoms with van der Waals surface area (Å²) in [5.41, 5.74) is 0.609. The zero-order valence-electron chi connectivity index (χ0n) is 17.6. The number of hydrogen-bond donors (Lipinski definition) is 0. The minimum atomic E-state index is -0.558. The van der Waals surface area contributed by atoms with Gasteiger partial charge >= 0.3 is 18.9 Å². The van der Waals surface area contributed by atoms with Crippen LogP contribution in [0.25, 0.3) is 5.32 Å². The molecule has 1 amide bonds. The SMILES string of the molecule is CC(C)/C=C/C(C)OC(=O)[N-]c1ccccc1.C[Si](C)c1ccccc1.[Cu].[Li+]. The topological polar surface area (TPSA) is 40.4 Å². The molecule has 0 aliphatic heterocycles. The molecular weight excluding hydrogens is 409 g/mol. The first-order chi connectivity index (χ1) is 12.4. The van der Waals surface area contributed by atoms with Crippen LogP contribution >= 0.6 is 0 Å². The van der Waals surface area contributed by atoms with Gasteiger partial charge in [0, 0.05) is 17.1 Å². The molecule has 0 heterocycles. The Labute approximate surface area is 194 Å². The van der Waals surface area contributed by atoms with Gasteiger partial charge in [0.05, 0.1) is 8.80 Å². The van der Waals surface area contributed by atoms with Gasteiger partial charge in [-0.1, -0.05) is 98.9 Å². The minimum Gasteiger partial charge on any atom is -0.591 e. The maximum Gasteiger partial charge on any atom is 1.00 e. The van der Waals surface area contributed by atoms with Crippen LogP contribution in [0.1, 0.15) is 20.8 Å². The first kappa shape index (κ1) is 29.0. The molecule has 0 bridgehead atoms. The van der Waals surface area contributed by atoms with Crippen LogP contribution in [0.3, 0.4) is 0 Å². The van der Waals surface area contributed by atoms with E-state index in [0.29, 0.717) is 11.6 Å². The van der Waals surface area contributed by atoms with Gasteiger partial charge in [0.25, 0.3) is 0 Å². The van der Waals surface area contributed by atoms with Crippen LogP contribution in [0, 0.1) is 5.92 Å². The van der Waals surface area contributed by atoms with Gasteiger partial charge in [0.1, 0.15) is 6.10 Å². The van der Waals surface area contributed by atoms with Crippen molar-refractivity contribution >= 4 is 25.8 Å². The van der Waals surface area contributed by atoms with Gasteiger partial charge in [-0.3, -0.25) is 4.79 Å². The zero-order valence-corrected chi connectivity index (χ0v) is 19.6. The Kier molecular flexibility index (Phi) is 17.3. The second-order valence-electron chi connectivity index (χ2n) is 6.53. The standard InChI is InChI=1S/C14H19NO2.C8H11Si.Cu.Li/c1-11(2)9-10-12(3)17-14(16)15-13-7-5-4-6-8-13;1-9(2)8-6-4-3-5-7-8;;/h4-12H,1-3H3,(H,15,16);3-7H,1-2H3;;/q;;;+1/p-1/b10-9+;;;. The number of benzene rings is 2. The van der Waals surface area contributed by atoms with E-state index in [1.54, 1.807) is 12.1 Å². The van der Waals surface area contributed by atoms with Gasteiger partial charge in [-0.15, -0.1) is 5.69 Å². The van der Waals surface area contributed by atoms with Crippen molar-refractivity contribution in [1.82, 2.24) is 0 Å². The largest absolute Gasteiger partial charge is 1.00 e. The number of amides is 1. The molecular formula is C22H29CuLiNO2Si. The van der Waals surface area contributed by atoms with Crippen LogP contribution in [0.4, 0.5) is 10.5 Å². The summed E-state index contributed by atoms with van der Waals surface area (Å²) in [4.78, 5) is 11.4. The first-order valence-corrected chi connectivity index (χ1v) is 11.4. The van der Waals surface area contributed by atoms with E-state index in [1.807, 2.05) is 37.3 Å². The van der Waals surface area contributed by atoms with Crippen molar-refractivity contribution in [3.63, 3.8) is 0 Å². The summed E-state index contributed by atoms with van der Waals surface area (Å²) in [5, 5.41) is 5.35. The maximum atomic E-state index is 11.4. The summed E-state index contributed by atoms with van der Waals surface area (Å²) in [5.74, 6) is 0.446. The van der Waals surface area contributed by atoms with Gasteiger partial charge < -0.3 is 10.1 Å². The van der Waals surface area contributed by atoms with Crippen molar-refractivity contribution in [1.29, 1.82) is 0 Å². The molecule has 6 heteroatoms. The van der Waals surface area contributed by atoms with Crippen LogP contribution in [-0.2, 0) is 21.8 Å². The van der Waals surface area contributed by atoms with Gasteiger partial charge in [0.15, 0.2) is 0 Å². The van der Waals surface area contributed by atoms with E-state index in [-0.39, 0.29) is 50.8 Å². The number of ether oxygens (including phenoxy) is 1. The van der Waals surface area contributed by atoms with Crippen molar-refractivity contribution < 1.29 is 45.5 Å². The molecule has 0 saturated carbocycles. The molecule has 0 aliphatic rings. The van der Waals surface area contributed by atoms with Crippen LogP contribution in [0.5, 0.6) is 0 Å². The van der Waals surface area contributed by atoms with Crippen molar-refractivity contribution in [2.75, 3.05) is 0 Å². The number of para-hydroxylation sites is 1. The van der Waals surface area contributed by atoms with E-state index in [4.69, 9.17) is 4.74 Å². The average Bonchev–Trinajstić information content (AvgIpc) is 2.62. The second kappa shape index (κ2) is 16.7. The number of nitrogens with zero attached hydrogens (tertiary/aromatic N) is 1. The molecule has 0 saturated heterocycles. The maximum absolute atomic E-state index is 11.4. The Morgan fingerprint density at radius 1 is 0.929 bits per heavy atom. The van der Waals surface area contributed by atoms with Crippen LogP contribution in [0.15, 0.2) is 72.8 Å². The van der Waals surface area contributed by atoms with Gasteiger partial charge in [-0.25, -0.2) is 0 Å². The second-order valence-corrected chi connectivity index (χ2v) is 9.11. The Balaban J connectivity index is 0. The molecule has 1 unspecified atom stereocenters. The monoisotopic (exact) mass is 437 g/mol. The Bertz CT molecular complexity index is 667. The fourth-order valence-electron chi connectivity index (χ4n) is 1.98. The Morgan fingerprint density at radius 2 is 1.43 bits per heavy atom. The van der Waals surface area contributed by atoms with E-state index in [2.05, 4.69) is 62.6 Å². The molecule has 0 aliphatic carbocycles. The van der Waals surface area contributed by atoms with Crippen LogP contribution in [0.2, 0.25) is 13.1 Å². The summed E-state index contributed by atoms with van der Waals surface area (Å²) in [6.07, 6.45) is 3.05. The number of rotatable bonds is 5. The molecule has 1 atom stereocenters. The summed E-state index contributed by atoms with van der Waals surface area (Å²) in [6, 6.07) is 19.7. The quantitative estimate of drug-likeness (QED) is 0.532. The molecule has 3 nitrogen and oxygen atoms in total. The predicted molar refractivity (Wildman–Crippen MR) is 113 cm³/mol. The van der Waals surface area contributed by atoms with E-state index in [1.165, 1.54) is 5.19 Å². The number of carbonyl (C=O) groups excluding carboxylic acids is 1. The summed E-state index contributed by atoms with van der Waals surface area (Å²) in [6.45, 7) is 10.6. The number of allylic oxidation sites excluding steroid dienone is 1. The van der Waals surface area contributed by atoms with Crippen molar-refractivity contribution in [3.05, 3.63) is 78.1 Å². The van der Waals surface area contributed by atoms with Gasteiger partial charge in [-0.2, -0.15) is 0 Å². The molecule has 2 rings (SSSR count). The fraction of sp³-hybridized carbons (Fsp3) is 0.318. The summed E-state index contributed by atoms with van der Waals surface area (Å²) >= 11 is 0. The Morgan fingerprint density at radius 3 is 1.86 bits per heavy atom. The summed E-state index contributed by atoms with van der Waals surface area (Å²) < 4.78 is 5.11. The zero-order chi connectivity index (χ0) is 19.4. The van der Waals surface area contributed by atoms with Crippen LogP contribution in [-0.4, -0.2) is 21.0 Å². The average molecular weight is 438 g/mol. The molecule has 0 N–H and O–H groups in total. The van der Waals surface area contributed by atoms with Gasteiger partial charge in [-0.05, 0) is 18.9 Å². The first-order valence-electron chi connectivity index (χ1n) is 8.89. The normalized spacial score (nSPS) is 11.0. The van der Waals surface area contributed by atoms with E-state index < -0.39 is 6.09 Å². The van der Waals surface area contributed by atoms with E-state index in [0.717, 1.165) is 0 Å².